The van der Waals surface area contributed by atoms with E-state index in [-0.39, 0.29) is 0 Å². The Kier molecular flexibility index (Phi) is 4.19. The Hall–Kier alpha value is -1.65. The van der Waals surface area contributed by atoms with E-state index < -0.39 is 6.10 Å². The first-order valence-electron chi connectivity index (χ1n) is 9.28. The van der Waals surface area contributed by atoms with E-state index in [1.54, 1.807) is 4.90 Å². The van der Waals surface area contributed by atoms with E-state index >= 15 is 0 Å². The summed E-state index contributed by atoms with van der Waals surface area (Å²) in [6.45, 7) is 6.12. The van der Waals surface area contributed by atoms with Gasteiger partial charge in [0.05, 0.1) is 24.7 Å². The van der Waals surface area contributed by atoms with Gasteiger partial charge in [-0.1, -0.05) is 6.92 Å². The van der Waals surface area contributed by atoms with E-state index in [0.29, 0.717) is 12.6 Å². The molecule has 2 aliphatic heterocycles. The fourth-order valence-corrected chi connectivity index (χ4v) is 5.07. The van der Waals surface area contributed by atoms with Crippen LogP contribution in [0.1, 0.15) is 44.8 Å². The summed E-state index contributed by atoms with van der Waals surface area (Å²) in [6.07, 6.45) is 5.07. The van der Waals surface area contributed by atoms with Gasteiger partial charge >= 0.3 is 0 Å². The maximum absolute atomic E-state index is 11.2. The van der Waals surface area contributed by atoms with E-state index in [1.165, 1.54) is 19.4 Å². The molecule has 4 heteroatoms. The smallest absolute Gasteiger partial charge is 0.131 e. The third-order valence-corrected chi connectivity index (χ3v) is 6.08. The number of nitrogens with one attached hydrogen (secondary N) is 1. The zero-order valence-electron chi connectivity index (χ0n) is 14.5. The number of aliphatic hydroxyl groups is 1. The van der Waals surface area contributed by atoms with E-state index in [2.05, 4.69) is 11.9 Å². The number of pyridine rings is 1. The van der Waals surface area contributed by atoms with Gasteiger partial charge in [-0.15, -0.1) is 0 Å². The summed E-state index contributed by atoms with van der Waals surface area (Å²) < 4.78 is 5.64. The summed E-state index contributed by atoms with van der Waals surface area (Å²) in [5.74, 6) is 1.63. The predicted molar refractivity (Wildman–Crippen MR) is 94.3 cm³/mol. The lowest BCUT2D eigenvalue weighted by atomic mass is 9.90. The van der Waals surface area contributed by atoms with Crippen LogP contribution in [-0.2, 0) is 0 Å². The minimum atomic E-state index is -0.429. The molecular weight excluding hydrogens is 300 g/mol. The highest BCUT2D eigenvalue weighted by Crippen LogP contribution is 2.35. The van der Waals surface area contributed by atoms with Crippen LogP contribution in [0.15, 0.2) is 30.5 Å². The molecule has 4 nitrogen and oxygen atoms in total. The van der Waals surface area contributed by atoms with Gasteiger partial charge in [0.25, 0.3) is 0 Å². The Labute approximate surface area is 143 Å². The number of benzene rings is 1. The molecule has 4 rings (SSSR count). The highest BCUT2D eigenvalue weighted by Gasteiger charge is 2.52. The van der Waals surface area contributed by atoms with E-state index in [0.717, 1.165) is 40.6 Å². The van der Waals surface area contributed by atoms with Gasteiger partial charge in [-0.2, -0.15) is 0 Å². The molecule has 5 atom stereocenters. The standard InChI is InChI=1S/C20H26N2O2/c1-3-18-13-8-10-22(18)19(11-13)20(23)15-7-9-21-17-6-5-14(24-4-2)12-16(15)17/h5-7,9,12-13,18-20,23H,3-4,8,10-11H2,1-2H3/p+1/t13-,18-,19+,20+/m0/s1. The average molecular weight is 327 g/mol. The van der Waals surface area contributed by atoms with E-state index in [9.17, 15) is 5.11 Å². The van der Waals surface area contributed by atoms with Crippen LogP contribution in [0.2, 0.25) is 0 Å². The molecule has 0 amide bonds. The molecule has 0 radical (unpaired) electrons. The molecule has 2 saturated heterocycles. The van der Waals surface area contributed by atoms with Crippen molar-refractivity contribution in [1.82, 2.24) is 4.98 Å². The SMILES string of the molecule is CCOc1ccc2nccc([C@@H](O)[C@H]3C[C@@H]4CC[NH+]3[C@H]4CC)c2c1. The van der Waals surface area contributed by atoms with Crippen LogP contribution in [-0.4, -0.2) is 35.3 Å². The third kappa shape index (κ3) is 2.49. The van der Waals surface area contributed by atoms with Crippen molar-refractivity contribution < 1.29 is 14.7 Å². The number of rotatable bonds is 5. The Morgan fingerprint density at radius 3 is 2.96 bits per heavy atom. The van der Waals surface area contributed by atoms with Crippen molar-refractivity contribution in [2.45, 2.75) is 51.3 Å². The highest BCUT2D eigenvalue weighted by atomic mass is 16.5. The quantitative estimate of drug-likeness (QED) is 0.884. The Balaban J connectivity index is 1.69. The lowest BCUT2D eigenvalue weighted by Gasteiger charge is -2.28. The van der Waals surface area contributed by atoms with Gasteiger partial charge in [0.1, 0.15) is 17.9 Å². The van der Waals surface area contributed by atoms with Crippen molar-refractivity contribution in [3.05, 3.63) is 36.0 Å². The number of hydrogen-bond donors (Lipinski definition) is 2. The van der Waals surface area contributed by atoms with Crippen molar-refractivity contribution in [3.63, 3.8) is 0 Å². The number of nitrogens with zero attached hydrogens (tertiary/aromatic N) is 1. The number of piperidine rings is 1. The largest absolute Gasteiger partial charge is 0.494 e. The van der Waals surface area contributed by atoms with Gasteiger partial charge < -0.3 is 14.7 Å². The summed E-state index contributed by atoms with van der Waals surface area (Å²) >= 11 is 0. The van der Waals surface area contributed by atoms with Gasteiger partial charge in [0, 0.05) is 30.3 Å². The molecule has 3 heterocycles. The van der Waals surface area contributed by atoms with Gasteiger partial charge in [0.15, 0.2) is 0 Å². The van der Waals surface area contributed by atoms with Crippen molar-refractivity contribution in [2.75, 3.05) is 13.2 Å². The lowest BCUT2D eigenvalue weighted by molar-refractivity contribution is -0.932. The summed E-state index contributed by atoms with van der Waals surface area (Å²) in [4.78, 5) is 6.07. The van der Waals surface area contributed by atoms with Crippen LogP contribution in [0.4, 0.5) is 0 Å². The zero-order valence-corrected chi connectivity index (χ0v) is 14.5. The van der Waals surface area contributed by atoms with Gasteiger partial charge in [-0.05, 0) is 43.2 Å². The molecule has 1 aromatic carbocycles. The second-order valence-electron chi connectivity index (χ2n) is 7.19. The second-order valence-corrected chi connectivity index (χ2v) is 7.19. The van der Waals surface area contributed by atoms with Crippen LogP contribution >= 0.6 is 0 Å². The Morgan fingerprint density at radius 2 is 2.21 bits per heavy atom. The van der Waals surface area contributed by atoms with Gasteiger partial charge in [0.2, 0.25) is 0 Å². The fraction of sp³-hybridized carbons (Fsp3) is 0.550. The normalized spacial score (nSPS) is 30.0. The molecule has 0 saturated carbocycles. The first kappa shape index (κ1) is 15.9. The molecule has 24 heavy (non-hydrogen) atoms. The predicted octanol–water partition coefficient (Wildman–Crippen LogP) is 2.12. The molecule has 2 aromatic rings. The number of ether oxygens (including phenoxy) is 1. The monoisotopic (exact) mass is 327 g/mol. The van der Waals surface area contributed by atoms with Crippen molar-refractivity contribution in [1.29, 1.82) is 0 Å². The highest BCUT2D eigenvalue weighted by molar-refractivity contribution is 5.83. The number of aliphatic hydroxyl groups excluding tert-OH is 1. The number of quaternary nitrogens is 1. The molecule has 2 aliphatic rings. The summed E-state index contributed by atoms with van der Waals surface area (Å²) in [7, 11) is 0. The Bertz CT molecular complexity index is 733. The first-order chi connectivity index (χ1) is 11.7. The summed E-state index contributed by atoms with van der Waals surface area (Å²) in [5, 5.41) is 12.2. The van der Waals surface area contributed by atoms with Gasteiger partial charge in [-0.25, -0.2) is 0 Å². The average Bonchev–Trinajstić information content (AvgIpc) is 3.18. The van der Waals surface area contributed by atoms with Gasteiger partial charge in [-0.3, -0.25) is 4.98 Å². The van der Waals surface area contributed by atoms with Crippen LogP contribution in [0.5, 0.6) is 5.75 Å². The molecule has 2 bridgehead atoms. The summed E-state index contributed by atoms with van der Waals surface area (Å²) in [6, 6.07) is 9.00. The molecule has 2 N–H and O–H groups in total. The van der Waals surface area contributed by atoms with Crippen molar-refractivity contribution in [2.24, 2.45) is 5.92 Å². The molecule has 1 unspecified atom stereocenters. The number of aromatic nitrogens is 1. The van der Waals surface area contributed by atoms with Crippen LogP contribution in [0.3, 0.4) is 0 Å². The van der Waals surface area contributed by atoms with Crippen molar-refractivity contribution in [3.8, 4) is 5.75 Å². The number of fused-ring (bicyclic) bond motifs is 3. The molecule has 128 valence electrons. The fourth-order valence-electron chi connectivity index (χ4n) is 5.07. The maximum atomic E-state index is 11.2. The van der Waals surface area contributed by atoms with Crippen LogP contribution in [0.25, 0.3) is 10.9 Å². The summed E-state index contributed by atoms with van der Waals surface area (Å²) in [5.41, 5.74) is 1.93. The lowest BCUT2D eigenvalue weighted by Crippen LogP contribution is -3.16. The third-order valence-electron chi connectivity index (χ3n) is 6.08. The zero-order chi connectivity index (χ0) is 16.7. The first-order valence-corrected chi connectivity index (χ1v) is 9.28. The maximum Gasteiger partial charge on any atom is 0.131 e. The Morgan fingerprint density at radius 1 is 1.33 bits per heavy atom. The minimum absolute atomic E-state index is 0.315. The van der Waals surface area contributed by atoms with Crippen molar-refractivity contribution >= 4 is 10.9 Å². The van der Waals surface area contributed by atoms with Crippen LogP contribution in [0, 0.1) is 5.92 Å². The minimum Gasteiger partial charge on any atom is -0.494 e. The molecule has 1 aromatic heterocycles. The van der Waals surface area contributed by atoms with E-state index in [1.807, 2.05) is 37.4 Å². The topological polar surface area (TPSA) is 46.8 Å². The van der Waals surface area contributed by atoms with E-state index in [4.69, 9.17) is 4.74 Å². The molecular formula is C20H27N2O2+. The molecule has 2 fully saturated rings. The number of hydrogen-bond acceptors (Lipinski definition) is 3. The molecule has 0 aliphatic carbocycles. The second kappa shape index (κ2) is 6.34. The molecule has 0 spiro atoms. The van der Waals surface area contributed by atoms with Crippen LogP contribution < -0.4 is 9.64 Å².